The van der Waals surface area contributed by atoms with Crippen LogP contribution in [0.25, 0.3) is 0 Å². The number of likely N-dealkylation sites (N-methyl/N-ethyl adjacent to an activating group) is 1. The van der Waals surface area contributed by atoms with Gasteiger partial charge in [0.1, 0.15) is 12.4 Å². The highest BCUT2D eigenvalue weighted by Crippen LogP contribution is 2.32. The Balaban J connectivity index is 1.61. The van der Waals surface area contributed by atoms with Crippen molar-refractivity contribution in [2.75, 3.05) is 46.4 Å². The number of hydrogen-bond acceptors (Lipinski definition) is 4. The minimum atomic E-state index is -4.41. The zero-order valence-corrected chi connectivity index (χ0v) is 19.6. The summed E-state index contributed by atoms with van der Waals surface area (Å²) in [6.45, 7) is 10.2. The van der Waals surface area contributed by atoms with Gasteiger partial charge in [0.05, 0.1) is 5.56 Å². The maximum Gasteiger partial charge on any atom is 0.416 e. The number of carbonyl (C=O) groups excluding carboxylic acids is 1. The molecule has 0 bridgehead atoms. The average molecular weight is 464 g/mol. The lowest BCUT2D eigenvalue weighted by molar-refractivity contribution is -0.137. The van der Waals surface area contributed by atoms with E-state index in [1.807, 2.05) is 13.1 Å². The van der Waals surface area contributed by atoms with Crippen LogP contribution in [0.4, 0.5) is 13.2 Å². The molecule has 2 aromatic rings. The molecule has 8 heteroatoms. The summed E-state index contributed by atoms with van der Waals surface area (Å²) in [5.41, 5.74) is 3.10. The Morgan fingerprint density at radius 1 is 1.03 bits per heavy atom. The molecule has 1 atom stereocenters. The molecule has 33 heavy (non-hydrogen) atoms. The quantitative estimate of drug-likeness (QED) is 0.617. The first-order chi connectivity index (χ1) is 15.6. The highest BCUT2D eigenvalue weighted by Gasteiger charge is 2.31. The summed E-state index contributed by atoms with van der Waals surface area (Å²) in [5, 5.41) is 3.07. The van der Waals surface area contributed by atoms with Crippen LogP contribution in [0.3, 0.4) is 0 Å². The number of piperazine rings is 1. The van der Waals surface area contributed by atoms with Gasteiger partial charge in [0.15, 0.2) is 0 Å². The van der Waals surface area contributed by atoms with E-state index in [0.29, 0.717) is 32.8 Å². The smallest absolute Gasteiger partial charge is 0.416 e. The van der Waals surface area contributed by atoms with Gasteiger partial charge in [-0.25, -0.2) is 0 Å². The fraction of sp³-hybridized carbons (Fsp3) is 0.480. The molecule has 5 nitrogen and oxygen atoms in total. The number of ether oxygens (including phenoxy) is 1. The third kappa shape index (κ3) is 5.86. The van der Waals surface area contributed by atoms with Crippen molar-refractivity contribution in [3.05, 3.63) is 64.2 Å². The van der Waals surface area contributed by atoms with Gasteiger partial charge in [-0.05, 0) is 74.8 Å². The fourth-order valence-electron chi connectivity index (χ4n) is 4.18. The first kappa shape index (κ1) is 25.1. The van der Waals surface area contributed by atoms with Gasteiger partial charge in [0.25, 0.3) is 5.91 Å². The predicted octanol–water partition coefficient (Wildman–Crippen LogP) is 4.44. The Morgan fingerprint density at radius 2 is 1.67 bits per heavy atom. The van der Waals surface area contributed by atoms with Crippen LogP contribution in [0.2, 0.25) is 0 Å². The number of benzene rings is 2. The summed E-state index contributed by atoms with van der Waals surface area (Å²) in [6.07, 6.45) is -4.41. The lowest BCUT2D eigenvalue weighted by atomic mass is 9.96. The lowest BCUT2D eigenvalue weighted by Crippen LogP contribution is -2.49. The molecule has 180 valence electrons. The van der Waals surface area contributed by atoms with E-state index in [1.165, 1.54) is 23.3 Å². The Hall–Kier alpha value is -2.58. The van der Waals surface area contributed by atoms with Crippen molar-refractivity contribution in [1.29, 1.82) is 0 Å². The standard InChI is InChI=1S/C25H32F3N3O2/c1-17-18(2)23(33-16-11-29-4)10-9-22(17)19(3)30-12-14-31(15-13-30)24(32)20-5-7-21(8-6-20)25(26,27)28/h5-10,19,29H,11-16H2,1-4H3/t19-/m1/s1. The van der Waals surface area contributed by atoms with E-state index in [9.17, 15) is 18.0 Å². The SMILES string of the molecule is CNCCOc1ccc([C@@H](C)N2CCN(C(=O)c3ccc(C(F)(F)F)cc3)CC2)c(C)c1C. The maximum atomic E-state index is 12.8. The van der Waals surface area contributed by atoms with E-state index < -0.39 is 11.7 Å². The first-order valence-electron chi connectivity index (χ1n) is 11.2. The summed E-state index contributed by atoms with van der Waals surface area (Å²) >= 11 is 0. The number of alkyl halides is 3. The van der Waals surface area contributed by atoms with Crippen LogP contribution in [-0.2, 0) is 6.18 Å². The van der Waals surface area contributed by atoms with E-state index in [4.69, 9.17) is 4.74 Å². The van der Waals surface area contributed by atoms with Crippen molar-refractivity contribution >= 4 is 5.91 Å². The van der Waals surface area contributed by atoms with Gasteiger partial charge in [0.2, 0.25) is 0 Å². The molecule has 1 aliphatic rings. The molecule has 0 saturated carbocycles. The summed E-state index contributed by atoms with van der Waals surface area (Å²) in [6, 6.07) is 8.75. The monoisotopic (exact) mass is 463 g/mol. The lowest BCUT2D eigenvalue weighted by Gasteiger charge is -2.39. The van der Waals surface area contributed by atoms with Crippen LogP contribution in [0.15, 0.2) is 36.4 Å². The zero-order chi connectivity index (χ0) is 24.2. The van der Waals surface area contributed by atoms with E-state index >= 15 is 0 Å². The van der Waals surface area contributed by atoms with Crippen LogP contribution < -0.4 is 10.1 Å². The van der Waals surface area contributed by atoms with Crippen LogP contribution in [0.5, 0.6) is 5.75 Å². The van der Waals surface area contributed by atoms with E-state index in [1.54, 1.807) is 4.90 Å². The summed E-state index contributed by atoms with van der Waals surface area (Å²) in [4.78, 5) is 16.8. The van der Waals surface area contributed by atoms with Crippen LogP contribution in [0, 0.1) is 13.8 Å². The molecule has 0 spiro atoms. The molecule has 1 saturated heterocycles. The maximum absolute atomic E-state index is 12.8. The number of rotatable bonds is 7. The van der Waals surface area contributed by atoms with Gasteiger partial charge in [0, 0.05) is 44.3 Å². The molecular formula is C25H32F3N3O2. The molecule has 0 aliphatic carbocycles. The van der Waals surface area contributed by atoms with E-state index in [0.717, 1.165) is 30.0 Å². The van der Waals surface area contributed by atoms with Crippen LogP contribution in [0.1, 0.15) is 45.6 Å². The molecule has 3 rings (SSSR count). The molecule has 2 aromatic carbocycles. The highest BCUT2D eigenvalue weighted by molar-refractivity contribution is 5.94. The third-order valence-corrected chi connectivity index (χ3v) is 6.45. The highest BCUT2D eigenvalue weighted by atomic mass is 19.4. The molecule has 1 aliphatic heterocycles. The van der Waals surface area contributed by atoms with Gasteiger partial charge >= 0.3 is 6.18 Å². The molecule has 0 aromatic heterocycles. The molecule has 0 unspecified atom stereocenters. The van der Waals surface area contributed by atoms with Gasteiger partial charge in [-0.2, -0.15) is 13.2 Å². The molecule has 1 heterocycles. The van der Waals surface area contributed by atoms with Crippen molar-refractivity contribution in [3.63, 3.8) is 0 Å². The summed E-state index contributed by atoms with van der Waals surface area (Å²) < 4.78 is 44.2. The molecule has 0 radical (unpaired) electrons. The van der Waals surface area contributed by atoms with Crippen LogP contribution >= 0.6 is 0 Å². The number of nitrogens with zero attached hydrogens (tertiary/aromatic N) is 2. The van der Waals surface area contributed by atoms with Crippen molar-refractivity contribution in [3.8, 4) is 5.75 Å². The Bertz CT molecular complexity index is 953. The topological polar surface area (TPSA) is 44.8 Å². The largest absolute Gasteiger partial charge is 0.492 e. The second-order valence-corrected chi connectivity index (χ2v) is 8.43. The Kier molecular flexibility index (Phi) is 8.02. The number of nitrogens with one attached hydrogen (secondary N) is 1. The molecular weight excluding hydrogens is 431 g/mol. The van der Waals surface area contributed by atoms with Gasteiger partial charge < -0.3 is 15.0 Å². The fourth-order valence-corrected chi connectivity index (χ4v) is 4.18. The molecule has 1 N–H and O–H groups in total. The zero-order valence-electron chi connectivity index (χ0n) is 19.6. The van der Waals surface area contributed by atoms with Gasteiger partial charge in [-0.1, -0.05) is 6.07 Å². The van der Waals surface area contributed by atoms with E-state index in [2.05, 4.69) is 37.1 Å². The Morgan fingerprint density at radius 3 is 2.24 bits per heavy atom. The van der Waals surface area contributed by atoms with Crippen molar-refractivity contribution in [2.45, 2.75) is 33.0 Å². The van der Waals surface area contributed by atoms with Gasteiger partial charge in [-0.15, -0.1) is 0 Å². The van der Waals surface area contributed by atoms with Crippen molar-refractivity contribution < 1.29 is 22.7 Å². The number of amides is 1. The number of hydrogen-bond donors (Lipinski definition) is 1. The van der Waals surface area contributed by atoms with Crippen molar-refractivity contribution in [2.24, 2.45) is 0 Å². The predicted molar refractivity (Wildman–Crippen MR) is 123 cm³/mol. The number of carbonyl (C=O) groups is 1. The molecule has 1 fully saturated rings. The number of halogens is 3. The third-order valence-electron chi connectivity index (χ3n) is 6.45. The normalized spacial score (nSPS) is 16.0. The minimum Gasteiger partial charge on any atom is -0.492 e. The second kappa shape index (κ2) is 10.6. The summed E-state index contributed by atoms with van der Waals surface area (Å²) in [7, 11) is 1.89. The van der Waals surface area contributed by atoms with Crippen molar-refractivity contribution in [1.82, 2.24) is 15.1 Å². The second-order valence-electron chi connectivity index (χ2n) is 8.43. The first-order valence-corrected chi connectivity index (χ1v) is 11.2. The summed E-state index contributed by atoms with van der Waals surface area (Å²) in [5.74, 6) is 0.664. The van der Waals surface area contributed by atoms with Crippen LogP contribution in [-0.4, -0.2) is 62.1 Å². The average Bonchev–Trinajstić information content (AvgIpc) is 2.81. The Labute approximate surface area is 193 Å². The van der Waals surface area contributed by atoms with E-state index in [-0.39, 0.29) is 17.5 Å². The van der Waals surface area contributed by atoms with Gasteiger partial charge in [-0.3, -0.25) is 9.69 Å². The minimum absolute atomic E-state index is 0.179. The molecule has 1 amide bonds.